The lowest BCUT2D eigenvalue weighted by Crippen LogP contribution is -2.51. The summed E-state index contributed by atoms with van der Waals surface area (Å²) in [6.07, 6.45) is -0.230. The molecule has 12 nitrogen and oxygen atoms in total. The second-order valence-corrected chi connectivity index (χ2v) is 3.55. The van der Waals surface area contributed by atoms with Crippen LogP contribution in [0.2, 0.25) is 0 Å². The highest BCUT2D eigenvalue weighted by Gasteiger charge is 2.38. The molecule has 1 unspecified atom stereocenters. The van der Waals surface area contributed by atoms with Gasteiger partial charge in [0.25, 0.3) is 5.91 Å². The van der Waals surface area contributed by atoms with E-state index in [1.54, 1.807) is 0 Å². The van der Waals surface area contributed by atoms with Crippen LogP contribution in [-0.4, -0.2) is 39.0 Å². The number of oxime groups is 1. The Morgan fingerprint density at radius 3 is 2.74 bits per heavy atom. The van der Waals surface area contributed by atoms with Gasteiger partial charge in [0, 0.05) is 0 Å². The van der Waals surface area contributed by atoms with Gasteiger partial charge in [-0.3, -0.25) is 9.73 Å². The molecule has 0 aliphatic carbocycles. The Balaban J connectivity index is 2.14. The molecule has 0 aromatic carbocycles. The molecule has 1 aliphatic rings. The molecule has 1 aromatic heterocycles. The second-order valence-electron chi connectivity index (χ2n) is 3.55. The van der Waals surface area contributed by atoms with Crippen LogP contribution >= 0.6 is 0 Å². The highest BCUT2D eigenvalue weighted by atomic mass is 16.8. The van der Waals surface area contributed by atoms with Crippen molar-refractivity contribution in [2.24, 2.45) is 27.6 Å². The van der Waals surface area contributed by atoms with E-state index in [4.69, 9.17) is 28.0 Å². The Bertz CT molecular complexity index is 550. The minimum atomic E-state index is -0.974. The van der Waals surface area contributed by atoms with Gasteiger partial charge in [0.1, 0.15) is 5.69 Å². The normalized spacial score (nSPS) is 19.2. The molecule has 0 saturated carbocycles. The summed E-state index contributed by atoms with van der Waals surface area (Å²) in [5, 5.41) is 14.3. The monoisotopic (exact) mass is 269 g/mol. The Morgan fingerprint density at radius 1 is 1.42 bits per heavy atom. The highest BCUT2D eigenvalue weighted by Crippen LogP contribution is 2.14. The summed E-state index contributed by atoms with van der Waals surface area (Å²) < 4.78 is 4.37. The van der Waals surface area contributed by atoms with E-state index in [2.05, 4.69) is 25.2 Å². The van der Waals surface area contributed by atoms with Gasteiger partial charge < -0.3 is 23.0 Å². The van der Waals surface area contributed by atoms with Crippen molar-refractivity contribution in [1.29, 1.82) is 0 Å². The van der Waals surface area contributed by atoms with Gasteiger partial charge in [-0.2, -0.15) is 5.10 Å². The Morgan fingerprint density at radius 2 is 2.16 bits per heavy atom. The number of amidine groups is 2. The number of carbonyl (C=O) groups is 1. The summed E-state index contributed by atoms with van der Waals surface area (Å²) >= 11 is 0. The van der Waals surface area contributed by atoms with Crippen LogP contribution in [0.1, 0.15) is 5.69 Å². The minimum Gasteiger partial charge on any atom is -0.383 e. The predicted molar refractivity (Wildman–Crippen MR) is 61.6 cm³/mol. The lowest BCUT2D eigenvalue weighted by Gasteiger charge is -2.19. The third-order valence-corrected chi connectivity index (χ3v) is 2.33. The van der Waals surface area contributed by atoms with Crippen LogP contribution in [-0.2, 0) is 16.2 Å². The first-order chi connectivity index (χ1) is 9.04. The minimum absolute atomic E-state index is 0.00143. The molecular formula is C7H11N9O3. The third kappa shape index (κ3) is 2.18. The standard InChI is InChI=1S/C7H11N9O3/c8-5-2(13-18-14-5)1-3(17)16-4(6(9)12-11)7(10)15-19-16/h4H,1,11H2,(H2,8,14)(H2,9,12)(H2,10,15). The first-order valence-electron chi connectivity index (χ1n) is 4.97. The number of rotatable bonds is 3. The number of nitrogen functional groups attached to an aromatic ring is 1. The highest BCUT2D eigenvalue weighted by molar-refractivity contribution is 6.10. The van der Waals surface area contributed by atoms with E-state index in [9.17, 15) is 4.79 Å². The average molecular weight is 269 g/mol. The largest absolute Gasteiger partial charge is 0.383 e. The van der Waals surface area contributed by atoms with Crippen molar-refractivity contribution in [1.82, 2.24) is 15.4 Å². The van der Waals surface area contributed by atoms with Crippen LogP contribution in [0.5, 0.6) is 0 Å². The van der Waals surface area contributed by atoms with Gasteiger partial charge in [-0.1, -0.05) is 5.16 Å². The average Bonchev–Trinajstić information content (AvgIpc) is 2.95. The lowest BCUT2D eigenvalue weighted by molar-refractivity contribution is -0.178. The quantitative estimate of drug-likeness (QED) is 0.189. The van der Waals surface area contributed by atoms with Gasteiger partial charge in [0.05, 0.1) is 6.42 Å². The summed E-state index contributed by atoms with van der Waals surface area (Å²) in [6, 6.07) is -0.974. The van der Waals surface area contributed by atoms with Crippen molar-refractivity contribution in [2.75, 3.05) is 5.73 Å². The van der Waals surface area contributed by atoms with Crippen molar-refractivity contribution in [2.45, 2.75) is 12.5 Å². The van der Waals surface area contributed by atoms with Gasteiger partial charge in [0.15, 0.2) is 23.5 Å². The molecule has 0 bridgehead atoms. The summed E-state index contributed by atoms with van der Waals surface area (Å²) in [5.74, 6) is 4.29. The molecule has 0 radical (unpaired) electrons. The third-order valence-electron chi connectivity index (χ3n) is 2.33. The Hall–Kier alpha value is -3.05. The molecule has 1 atom stereocenters. The number of hydrazone groups is 1. The zero-order chi connectivity index (χ0) is 14.0. The number of carbonyl (C=O) groups excluding carboxylic acids is 1. The van der Waals surface area contributed by atoms with E-state index in [1.807, 2.05) is 0 Å². The molecule has 12 heteroatoms. The first kappa shape index (κ1) is 12.4. The maximum absolute atomic E-state index is 12.0. The Kier molecular flexibility index (Phi) is 3.05. The molecule has 102 valence electrons. The van der Waals surface area contributed by atoms with Crippen LogP contribution in [0, 0.1) is 0 Å². The van der Waals surface area contributed by atoms with Gasteiger partial charge in [0.2, 0.25) is 0 Å². The molecule has 19 heavy (non-hydrogen) atoms. The number of aromatic nitrogens is 2. The van der Waals surface area contributed by atoms with Crippen LogP contribution in [0.15, 0.2) is 14.9 Å². The molecule has 1 aliphatic heterocycles. The Labute approximate surface area is 105 Å². The number of nitrogens with zero attached hydrogens (tertiary/aromatic N) is 5. The summed E-state index contributed by atoms with van der Waals surface area (Å²) in [5.41, 5.74) is 16.6. The number of hydrogen-bond donors (Lipinski definition) is 4. The van der Waals surface area contributed by atoms with E-state index in [0.29, 0.717) is 0 Å². The van der Waals surface area contributed by atoms with E-state index >= 15 is 0 Å². The molecule has 0 saturated heterocycles. The smallest absolute Gasteiger partial charge is 0.264 e. The van der Waals surface area contributed by atoms with E-state index in [1.165, 1.54) is 0 Å². The predicted octanol–water partition coefficient (Wildman–Crippen LogP) is -3.16. The fraction of sp³-hybridized carbons (Fsp3) is 0.286. The SMILES string of the molecule is NN=C(N)C1C(N)=NON1C(=O)Cc1nonc1N. The summed E-state index contributed by atoms with van der Waals surface area (Å²) in [6.45, 7) is 0. The molecular weight excluding hydrogens is 258 g/mol. The summed E-state index contributed by atoms with van der Waals surface area (Å²) in [4.78, 5) is 16.8. The lowest BCUT2D eigenvalue weighted by atomic mass is 10.2. The van der Waals surface area contributed by atoms with Crippen molar-refractivity contribution < 1.29 is 14.4 Å². The van der Waals surface area contributed by atoms with Crippen LogP contribution in [0.25, 0.3) is 0 Å². The molecule has 1 aromatic rings. The zero-order valence-electron chi connectivity index (χ0n) is 9.55. The van der Waals surface area contributed by atoms with Crippen LogP contribution in [0.4, 0.5) is 5.82 Å². The molecule has 2 heterocycles. The van der Waals surface area contributed by atoms with Crippen molar-refractivity contribution in [3.63, 3.8) is 0 Å². The first-order valence-corrected chi connectivity index (χ1v) is 4.97. The second kappa shape index (κ2) is 4.67. The number of anilines is 1. The number of nitrogens with two attached hydrogens (primary N) is 4. The van der Waals surface area contributed by atoms with Crippen molar-refractivity contribution in [3.05, 3.63) is 5.69 Å². The fourth-order valence-electron chi connectivity index (χ4n) is 1.40. The van der Waals surface area contributed by atoms with Gasteiger partial charge in [-0.15, -0.1) is 5.06 Å². The van der Waals surface area contributed by atoms with E-state index in [0.717, 1.165) is 5.06 Å². The van der Waals surface area contributed by atoms with Crippen LogP contribution < -0.4 is 23.0 Å². The fourth-order valence-corrected chi connectivity index (χ4v) is 1.40. The molecule has 0 fully saturated rings. The van der Waals surface area contributed by atoms with Gasteiger partial charge in [-0.05, 0) is 10.3 Å². The van der Waals surface area contributed by atoms with Gasteiger partial charge in [-0.25, -0.2) is 4.63 Å². The van der Waals surface area contributed by atoms with Gasteiger partial charge >= 0.3 is 0 Å². The molecule has 2 rings (SSSR count). The molecule has 1 amide bonds. The zero-order valence-corrected chi connectivity index (χ0v) is 9.55. The topological polar surface area (TPSA) is 197 Å². The van der Waals surface area contributed by atoms with E-state index in [-0.39, 0.29) is 29.6 Å². The number of amides is 1. The summed E-state index contributed by atoms with van der Waals surface area (Å²) in [7, 11) is 0. The van der Waals surface area contributed by atoms with Crippen LogP contribution in [0.3, 0.4) is 0 Å². The van der Waals surface area contributed by atoms with Crippen molar-refractivity contribution >= 4 is 23.4 Å². The molecule has 8 N–H and O–H groups in total. The molecule has 0 spiro atoms. The van der Waals surface area contributed by atoms with Crippen molar-refractivity contribution in [3.8, 4) is 0 Å². The number of hydrogen-bond acceptors (Lipinski definition) is 10. The maximum Gasteiger partial charge on any atom is 0.264 e. The maximum atomic E-state index is 12.0. The van der Waals surface area contributed by atoms with E-state index < -0.39 is 11.9 Å². The number of hydroxylamine groups is 2.